The predicted octanol–water partition coefficient (Wildman–Crippen LogP) is -0.733. The summed E-state index contributed by atoms with van der Waals surface area (Å²) in [5, 5.41) is 3.33. The molecule has 0 saturated carbocycles. The van der Waals surface area contributed by atoms with Gasteiger partial charge in [0.05, 0.1) is 20.4 Å². The first-order chi connectivity index (χ1) is 7.79. The number of methoxy groups -OCH3 is 1. The molecule has 0 radical (unpaired) electrons. The van der Waals surface area contributed by atoms with Crippen LogP contribution in [0.5, 0.6) is 5.75 Å². The van der Waals surface area contributed by atoms with Crippen LogP contribution in [0.15, 0.2) is 48.7 Å². The maximum absolute atomic E-state index is 5.11. The zero-order valence-corrected chi connectivity index (χ0v) is 10.6. The number of hydrogen-bond donors (Lipinski definition) is 1. The number of nitrogens with one attached hydrogen (secondary N) is 1. The molecule has 2 aromatic rings. The predicted molar refractivity (Wildman–Crippen MR) is 63.9 cm³/mol. The van der Waals surface area contributed by atoms with Crippen molar-refractivity contribution in [1.82, 2.24) is 0 Å². The summed E-state index contributed by atoms with van der Waals surface area (Å²) < 4.78 is 7.14. The van der Waals surface area contributed by atoms with Crippen LogP contribution in [0.4, 0.5) is 11.5 Å². The highest BCUT2D eigenvalue weighted by Crippen LogP contribution is 2.17. The van der Waals surface area contributed by atoms with Gasteiger partial charge in [-0.15, -0.1) is 0 Å². The van der Waals surface area contributed by atoms with E-state index in [9.17, 15) is 0 Å². The molecule has 0 spiro atoms. The second kappa shape index (κ2) is 6.11. The first-order valence-electron chi connectivity index (χ1n) is 5.15. The van der Waals surface area contributed by atoms with Gasteiger partial charge in [0.25, 0.3) is 5.82 Å². The lowest BCUT2D eigenvalue weighted by Crippen LogP contribution is -3.00. The van der Waals surface area contributed by atoms with Crippen LogP contribution in [0.25, 0.3) is 0 Å². The monoisotopic (exact) mass is 250 g/mol. The van der Waals surface area contributed by atoms with Crippen LogP contribution < -0.4 is 27.0 Å². The molecule has 0 aliphatic rings. The van der Waals surface area contributed by atoms with Gasteiger partial charge in [-0.05, 0) is 30.3 Å². The molecule has 0 atom stereocenters. The Morgan fingerprint density at radius 3 is 2.35 bits per heavy atom. The highest BCUT2D eigenvalue weighted by atomic mass is 35.5. The molecule has 0 aliphatic heterocycles. The maximum Gasteiger partial charge on any atom is 0.279 e. The SMILES string of the molecule is COc1ccc(Nc2cccc[n+]2C)cc1.[Cl-]. The Hall–Kier alpha value is -1.74. The van der Waals surface area contributed by atoms with Crippen LogP contribution >= 0.6 is 0 Å². The van der Waals surface area contributed by atoms with E-state index in [4.69, 9.17) is 4.74 Å². The minimum atomic E-state index is 0. The van der Waals surface area contributed by atoms with Crippen LogP contribution in [0.2, 0.25) is 0 Å². The Morgan fingerprint density at radius 1 is 1.06 bits per heavy atom. The van der Waals surface area contributed by atoms with E-state index in [-0.39, 0.29) is 12.4 Å². The van der Waals surface area contributed by atoms with E-state index in [1.165, 1.54) is 0 Å². The third-order valence-electron chi connectivity index (χ3n) is 2.42. The minimum absolute atomic E-state index is 0. The lowest BCUT2D eigenvalue weighted by Gasteiger charge is -2.03. The molecule has 17 heavy (non-hydrogen) atoms. The maximum atomic E-state index is 5.11. The van der Waals surface area contributed by atoms with Crippen molar-refractivity contribution in [3.63, 3.8) is 0 Å². The van der Waals surface area contributed by atoms with Crippen molar-refractivity contribution in [2.45, 2.75) is 0 Å². The van der Waals surface area contributed by atoms with Gasteiger partial charge in [0.2, 0.25) is 0 Å². The van der Waals surface area contributed by atoms with Gasteiger partial charge in [-0.25, -0.2) is 9.88 Å². The van der Waals surface area contributed by atoms with E-state index in [1.54, 1.807) is 7.11 Å². The fourth-order valence-corrected chi connectivity index (χ4v) is 1.48. The van der Waals surface area contributed by atoms with Gasteiger partial charge in [0, 0.05) is 6.07 Å². The fraction of sp³-hybridized carbons (Fsp3) is 0.154. The summed E-state index contributed by atoms with van der Waals surface area (Å²) in [6.07, 6.45) is 2.01. The zero-order valence-electron chi connectivity index (χ0n) is 9.85. The van der Waals surface area contributed by atoms with Gasteiger partial charge in [-0.3, -0.25) is 0 Å². The number of pyridine rings is 1. The summed E-state index contributed by atoms with van der Waals surface area (Å²) in [6, 6.07) is 13.9. The molecule has 0 fully saturated rings. The number of anilines is 2. The van der Waals surface area contributed by atoms with E-state index in [0.29, 0.717) is 0 Å². The van der Waals surface area contributed by atoms with E-state index >= 15 is 0 Å². The number of aromatic nitrogens is 1. The lowest BCUT2D eigenvalue weighted by molar-refractivity contribution is -0.657. The standard InChI is InChI=1S/C13H14N2O.ClH/c1-15-10-4-3-5-13(15)14-11-6-8-12(16-2)9-7-11;/h3-10H,1-2H3;1H. The smallest absolute Gasteiger partial charge is 0.279 e. The average molecular weight is 251 g/mol. The average Bonchev–Trinajstić information content (AvgIpc) is 2.33. The van der Waals surface area contributed by atoms with E-state index in [1.807, 2.05) is 60.3 Å². The largest absolute Gasteiger partial charge is 1.00 e. The summed E-state index contributed by atoms with van der Waals surface area (Å²) >= 11 is 0. The van der Waals surface area contributed by atoms with Gasteiger partial charge in [0.15, 0.2) is 0 Å². The third-order valence-corrected chi connectivity index (χ3v) is 2.42. The zero-order chi connectivity index (χ0) is 11.4. The van der Waals surface area contributed by atoms with Crippen LogP contribution in [0.1, 0.15) is 0 Å². The first-order valence-corrected chi connectivity index (χ1v) is 5.15. The van der Waals surface area contributed by atoms with Crippen molar-refractivity contribution >= 4 is 11.5 Å². The molecule has 3 nitrogen and oxygen atoms in total. The third kappa shape index (κ3) is 3.36. The van der Waals surface area contributed by atoms with Crippen molar-refractivity contribution < 1.29 is 21.7 Å². The molecule has 90 valence electrons. The number of aryl methyl sites for hydroxylation is 1. The molecule has 1 aromatic carbocycles. The van der Waals surface area contributed by atoms with Gasteiger partial charge in [-0.1, -0.05) is 6.07 Å². The first kappa shape index (κ1) is 13.3. The number of ether oxygens (including phenoxy) is 1. The van der Waals surface area contributed by atoms with Crippen LogP contribution in [-0.4, -0.2) is 7.11 Å². The Bertz CT molecular complexity index is 471. The van der Waals surface area contributed by atoms with Gasteiger partial charge in [-0.2, -0.15) is 0 Å². The summed E-state index contributed by atoms with van der Waals surface area (Å²) in [7, 11) is 3.67. The highest BCUT2D eigenvalue weighted by Gasteiger charge is 2.04. The van der Waals surface area contributed by atoms with Crippen molar-refractivity contribution in [3.05, 3.63) is 48.7 Å². The van der Waals surface area contributed by atoms with Crippen molar-refractivity contribution in [2.75, 3.05) is 12.4 Å². The van der Waals surface area contributed by atoms with Crippen LogP contribution in [0, 0.1) is 0 Å². The molecular weight excluding hydrogens is 236 g/mol. The summed E-state index contributed by atoms with van der Waals surface area (Å²) in [4.78, 5) is 0. The van der Waals surface area contributed by atoms with Crippen molar-refractivity contribution in [2.24, 2.45) is 7.05 Å². The van der Waals surface area contributed by atoms with Crippen molar-refractivity contribution in [3.8, 4) is 5.75 Å². The molecule has 0 amide bonds. The van der Waals surface area contributed by atoms with E-state index in [0.717, 1.165) is 17.3 Å². The molecule has 4 heteroatoms. The molecule has 1 heterocycles. The summed E-state index contributed by atoms with van der Waals surface area (Å²) in [5.41, 5.74) is 1.04. The van der Waals surface area contributed by atoms with Crippen molar-refractivity contribution in [1.29, 1.82) is 0 Å². The number of benzene rings is 1. The Labute approximate surface area is 107 Å². The highest BCUT2D eigenvalue weighted by molar-refractivity contribution is 5.55. The molecule has 1 aromatic heterocycles. The number of hydrogen-bond acceptors (Lipinski definition) is 2. The second-order valence-corrected chi connectivity index (χ2v) is 3.55. The van der Waals surface area contributed by atoms with Gasteiger partial charge in [0.1, 0.15) is 11.4 Å². The normalized spacial score (nSPS) is 9.29. The minimum Gasteiger partial charge on any atom is -1.00 e. The Morgan fingerprint density at radius 2 is 1.76 bits per heavy atom. The molecule has 0 bridgehead atoms. The van der Waals surface area contributed by atoms with E-state index < -0.39 is 0 Å². The summed E-state index contributed by atoms with van der Waals surface area (Å²) in [6.45, 7) is 0. The van der Waals surface area contributed by atoms with Crippen LogP contribution in [0.3, 0.4) is 0 Å². The molecule has 0 aliphatic carbocycles. The molecule has 0 unspecified atom stereocenters. The number of rotatable bonds is 3. The lowest BCUT2D eigenvalue weighted by atomic mass is 10.3. The number of nitrogens with zero attached hydrogens (tertiary/aromatic N) is 1. The molecular formula is C13H15ClN2O. The topological polar surface area (TPSA) is 25.1 Å². The Balaban J connectivity index is 0.00000144. The van der Waals surface area contributed by atoms with Gasteiger partial charge >= 0.3 is 0 Å². The fourth-order valence-electron chi connectivity index (χ4n) is 1.48. The number of halogens is 1. The second-order valence-electron chi connectivity index (χ2n) is 3.55. The quantitative estimate of drug-likeness (QED) is 0.727. The molecule has 2 rings (SSSR count). The molecule has 1 N–H and O–H groups in total. The van der Waals surface area contributed by atoms with E-state index in [2.05, 4.69) is 5.32 Å². The molecule has 0 saturated heterocycles. The van der Waals surface area contributed by atoms with Crippen LogP contribution in [-0.2, 0) is 7.05 Å². The Kier molecular flexibility index (Phi) is 4.79. The van der Waals surface area contributed by atoms with Gasteiger partial charge < -0.3 is 17.1 Å². The summed E-state index contributed by atoms with van der Waals surface area (Å²) in [5.74, 6) is 1.91.